The summed E-state index contributed by atoms with van der Waals surface area (Å²) in [5, 5.41) is 12.4. The molecule has 0 N–H and O–H groups in total. The zero-order valence-corrected chi connectivity index (χ0v) is 16.6. The number of rotatable bonds is 8. The molecule has 154 valence electrons. The van der Waals surface area contributed by atoms with Crippen molar-refractivity contribution in [3.8, 4) is 0 Å². The number of carbonyl (C=O) groups excluding carboxylic acids is 1. The van der Waals surface area contributed by atoms with Crippen LogP contribution in [0.15, 0.2) is 45.6 Å². The fourth-order valence-corrected chi connectivity index (χ4v) is 3.78. The van der Waals surface area contributed by atoms with E-state index >= 15 is 0 Å². The van der Waals surface area contributed by atoms with Gasteiger partial charge in [0.05, 0.1) is 18.6 Å². The molecule has 3 aromatic rings. The summed E-state index contributed by atoms with van der Waals surface area (Å²) < 4.78 is 12.5. The molecule has 1 atom stereocenters. The van der Waals surface area contributed by atoms with Gasteiger partial charge >= 0.3 is 0 Å². The lowest BCUT2D eigenvalue weighted by molar-refractivity contribution is 0.0513. The number of unbranched alkanes of at least 4 members (excludes halogenated alkanes) is 1. The molecule has 1 saturated heterocycles. The normalized spacial score (nSPS) is 16.2. The highest BCUT2D eigenvalue weighted by Crippen LogP contribution is 2.26. The predicted molar refractivity (Wildman–Crippen MR) is 104 cm³/mol. The van der Waals surface area contributed by atoms with E-state index in [4.69, 9.17) is 8.83 Å². The minimum absolute atomic E-state index is 0.0533. The predicted octanol–water partition coefficient (Wildman–Crippen LogP) is 2.60. The molecule has 1 amide bonds. The Labute approximate surface area is 169 Å². The van der Waals surface area contributed by atoms with Gasteiger partial charge in [-0.25, -0.2) is 4.68 Å². The number of hydrogen-bond donors (Lipinski definition) is 0. The first-order valence-corrected chi connectivity index (χ1v) is 10.1. The van der Waals surface area contributed by atoms with Crippen LogP contribution in [0.2, 0.25) is 0 Å². The highest BCUT2D eigenvalue weighted by Gasteiger charge is 2.31. The summed E-state index contributed by atoms with van der Waals surface area (Å²) in [4.78, 5) is 16.8. The average Bonchev–Trinajstić information content (AvgIpc) is 3.52. The molecular formula is C20H26N6O3. The third-order valence-corrected chi connectivity index (χ3v) is 5.35. The second kappa shape index (κ2) is 9.04. The first-order valence-electron chi connectivity index (χ1n) is 10.1. The SMILES string of the molecule is CCCC[C@H](c1nnnn1Cc1ccco1)N1CCN(C(=O)c2ccco2)CC1. The minimum Gasteiger partial charge on any atom is -0.467 e. The topological polar surface area (TPSA) is 93.4 Å². The fraction of sp³-hybridized carbons (Fsp3) is 0.500. The molecule has 4 heterocycles. The molecule has 0 aromatic carbocycles. The summed E-state index contributed by atoms with van der Waals surface area (Å²) in [6, 6.07) is 7.35. The van der Waals surface area contributed by atoms with E-state index in [2.05, 4.69) is 27.3 Å². The van der Waals surface area contributed by atoms with E-state index in [1.807, 2.05) is 21.7 Å². The van der Waals surface area contributed by atoms with E-state index in [-0.39, 0.29) is 11.9 Å². The molecule has 0 saturated carbocycles. The largest absolute Gasteiger partial charge is 0.467 e. The Hall–Kier alpha value is -2.94. The molecule has 0 radical (unpaired) electrons. The maximum Gasteiger partial charge on any atom is 0.289 e. The van der Waals surface area contributed by atoms with Crippen LogP contribution in [-0.4, -0.2) is 62.1 Å². The van der Waals surface area contributed by atoms with Gasteiger partial charge in [-0.15, -0.1) is 5.10 Å². The summed E-state index contributed by atoms with van der Waals surface area (Å²) in [5.41, 5.74) is 0. The van der Waals surface area contributed by atoms with Crippen LogP contribution in [0.5, 0.6) is 0 Å². The Balaban J connectivity index is 1.46. The first kappa shape index (κ1) is 19.4. The smallest absolute Gasteiger partial charge is 0.289 e. The number of amides is 1. The van der Waals surface area contributed by atoms with Crippen molar-refractivity contribution in [2.75, 3.05) is 26.2 Å². The lowest BCUT2D eigenvalue weighted by atomic mass is 10.1. The number of piperazine rings is 1. The van der Waals surface area contributed by atoms with Gasteiger partial charge in [0.2, 0.25) is 0 Å². The van der Waals surface area contributed by atoms with Crippen LogP contribution in [0.3, 0.4) is 0 Å². The van der Waals surface area contributed by atoms with Crippen molar-refractivity contribution in [1.82, 2.24) is 30.0 Å². The number of aromatic nitrogens is 4. The number of tetrazole rings is 1. The molecule has 0 unspecified atom stereocenters. The molecule has 29 heavy (non-hydrogen) atoms. The van der Waals surface area contributed by atoms with Gasteiger partial charge < -0.3 is 13.7 Å². The van der Waals surface area contributed by atoms with Crippen molar-refractivity contribution < 1.29 is 13.6 Å². The third-order valence-electron chi connectivity index (χ3n) is 5.35. The number of carbonyl (C=O) groups is 1. The molecular weight excluding hydrogens is 372 g/mol. The quantitative estimate of drug-likeness (QED) is 0.576. The second-order valence-corrected chi connectivity index (χ2v) is 7.24. The van der Waals surface area contributed by atoms with E-state index in [9.17, 15) is 4.79 Å². The van der Waals surface area contributed by atoms with Crippen LogP contribution in [0, 0.1) is 0 Å². The van der Waals surface area contributed by atoms with Crippen molar-refractivity contribution in [3.63, 3.8) is 0 Å². The van der Waals surface area contributed by atoms with Crippen molar-refractivity contribution in [3.05, 3.63) is 54.1 Å². The Morgan fingerprint density at radius 2 is 1.93 bits per heavy atom. The Bertz CT molecular complexity index is 881. The number of hydrogen-bond acceptors (Lipinski definition) is 7. The van der Waals surface area contributed by atoms with Crippen molar-refractivity contribution in [1.29, 1.82) is 0 Å². The number of nitrogens with zero attached hydrogens (tertiary/aromatic N) is 6. The molecule has 3 aromatic heterocycles. The molecule has 0 spiro atoms. The second-order valence-electron chi connectivity index (χ2n) is 7.24. The zero-order chi connectivity index (χ0) is 20.1. The summed E-state index contributed by atoms with van der Waals surface area (Å²) in [5.74, 6) is 2.01. The molecule has 4 rings (SSSR count). The van der Waals surface area contributed by atoms with Crippen LogP contribution in [0.4, 0.5) is 0 Å². The van der Waals surface area contributed by atoms with Crippen LogP contribution >= 0.6 is 0 Å². The maximum absolute atomic E-state index is 12.5. The molecule has 1 aliphatic heterocycles. The molecule has 9 heteroatoms. The Kier molecular flexibility index (Phi) is 6.04. The van der Waals surface area contributed by atoms with Crippen molar-refractivity contribution >= 4 is 5.91 Å². The van der Waals surface area contributed by atoms with Crippen LogP contribution in [0.25, 0.3) is 0 Å². The third kappa shape index (κ3) is 4.40. The molecule has 1 fully saturated rings. The van der Waals surface area contributed by atoms with Crippen molar-refractivity contribution in [2.24, 2.45) is 0 Å². The van der Waals surface area contributed by atoms with E-state index in [1.54, 1.807) is 18.4 Å². The fourth-order valence-electron chi connectivity index (χ4n) is 3.78. The summed E-state index contributed by atoms with van der Waals surface area (Å²) in [6.45, 7) is 5.55. The summed E-state index contributed by atoms with van der Waals surface area (Å²) >= 11 is 0. The van der Waals surface area contributed by atoms with Gasteiger partial charge in [-0.1, -0.05) is 19.8 Å². The molecule has 0 bridgehead atoms. The van der Waals surface area contributed by atoms with Gasteiger partial charge in [0, 0.05) is 26.2 Å². The van der Waals surface area contributed by atoms with Crippen LogP contribution < -0.4 is 0 Å². The zero-order valence-electron chi connectivity index (χ0n) is 16.6. The first-order chi connectivity index (χ1) is 14.3. The highest BCUT2D eigenvalue weighted by atomic mass is 16.3. The highest BCUT2D eigenvalue weighted by molar-refractivity contribution is 5.91. The lowest BCUT2D eigenvalue weighted by Crippen LogP contribution is -2.50. The Morgan fingerprint density at radius 3 is 2.62 bits per heavy atom. The van der Waals surface area contributed by atoms with Gasteiger partial charge in [0.25, 0.3) is 5.91 Å². The molecule has 1 aliphatic rings. The van der Waals surface area contributed by atoms with Gasteiger partial charge in [0.15, 0.2) is 11.6 Å². The van der Waals surface area contributed by atoms with Gasteiger partial charge in [0.1, 0.15) is 12.3 Å². The van der Waals surface area contributed by atoms with E-state index < -0.39 is 0 Å². The minimum atomic E-state index is -0.0533. The summed E-state index contributed by atoms with van der Waals surface area (Å²) in [6.07, 6.45) is 6.35. The van der Waals surface area contributed by atoms with E-state index in [0.717, 1.165) is 43.9 Å². The Morgan fingerprint density at radius 1 is 1.14 bits per heavy atom. The maximum atomic E-state index is 12.5. The number of furan rings is 2. The van der Waals surface area contributed by atoms with E-state index in [0.29, 0.717) is 25.4 Å². The standard InChI is InChI=1S/C20H26N6O3/c1-2-3-7-17(19-21-22-23-26(19)15-16-6-4-13-28-16)24-9-11-25(12-10-24)20(27)18-8-5-14-29-18/h4-6,8,13-14,17H,2-3,7,9-12,15H2,1H3/t17-/m1/s1. The summed E-state index contributed by atoms with van der Waals surface area (Å²) in [7, 11) is 0. The van der Waals surface area contributed by atoms with Crippen molar-refractivity contribution in [2.45, 2.75) is 38.8 Å². The van der Waals surface area contributed by atoms with Crippen LogP contribution in [-0.2, 0) is 6.54 Å². The lowest BCUT2D eigenvalue weighted by Gasteiger charge is -2.38. The average molecular weight is 398 g/mol. The molecule has 9 nitrogen and oxygen atoms in total. The molecule has 0 aliphatic carbocycles. The van der Waals surface area contributed by atoms with Gasteiger partial charge in [-0.05, 0) is 41.1 Å². The van der Waals surface area contributed by atoms with Crippen LogP contribution in [0.1, 0.15) is 54.4 Å². The monoisotopic (exact) mass is 398 g/mol. The van der Waals surface area contributed by atoms with Gasteiger partial charge in [-0.3, -0.25) is 9.69 Å². The van der Waals surface area contributed by atoms with E-state index in [1.165, 1.54) is 6.26 Å². The van der Waals surface area contributed by atoms with Gasteiger partial charge in [-0.2, -0.15) is 0 Å².